The summed E-state index contributed by atoms with van der Waals surface area (Å²) in [7, 11) is 0. The van der Waals surface area contributed by atoms with Gasteiger partial charge in [-0.25, -0.2) is 0 Å². The monoisotopic (exact) mass is 413 g/mol. The Morgan fingerprint density at radius 1 is 1.30 bits per heavy atom. The lowest BCUT2D eigenvalue weighted by Crippen LogP contribution is -2.72. The lowest BCUT2D eigenvalue weighted by atomic mass is 9.65. The van der Waals surface area contributed by atoms with Crippen LogP contribution in [0.2, 0.25) is 0 Å². The van der Waals surface area contributed by atoms with Crippen molar-refractivity contribution in [3.05, 3.63) is 0 Å². The summed E-state index contributed by atoms with van der Waals surface area (Å²) < 4.78 is 0.200. The fourth-order valence-electron chi connectivity index (χ4n) is 2.12. The molecule has 0 aromatic carbocycles. The first kappa shape index (κ1) is 20.3. The van der Waals surface area contributed by atoms with E-state index in [1.807, 2.05) is 11.8 Å². The molecule has 1 fully saturated rings. The zero-order valence-corrected chi connectivity index (χ0v) is 17.5. The molecular weight excluding hydrogens is 381 g/mol. The highest BCUT2D eigenvalue weighted by Crippen LogP contribution is 2.46. The van der Waals surface area contributed by atoms with E-state index in [0.29, 0.717) is 5.41 Å². The van der Waals surface area contributed by atoms with E-state index in [4.69, 9.17) is 4.99 Å². The number of guanidine groups is 1. The molecule has 0 amide bonds. The molecular formula is C15H32IN3S. The second kappa shape index (κ2) is 7.07. The molecule has 1 saturated heterocycles. The van der Waals surface area contributed by atoms with Gasteiger partial charge in [-0.3, -0.25) is 4.99 Å². The highest BCUT2D eigenvalue weighted by Gasteiger charge is 2.53. The first-order valence-electron chi connectivity index (χ1n) is 7.18. The summed E-state index contributed by atoms with van der Waals surface area (Å²) in [4.78, 5) is 7.26. The summed E-state index contributed by atoms with van der Waals surface area (Å²) >= 11 is 1.87. The molecule has 1 rings (SSSR count). The van der Waals surface area contributed by atoms with Crippen LogP contribution in [0.4, 0.5) is 0 Å². The normalized spacial score (nSPS) is 21.0. The van der Waals surface area contributed by atoms with Crippen molar-refractivity contribution in [1.29, 1.82) is 0 Å². The molecule has 0 spiro atoms. The molecule has 0 bridgehead atoms. The molecule has 0 aromatic rings. The minimum atomic E-state index is 0. The van der Waals surface area contributed by atoms with Gasteiger partial charge in [-0.1, -0.05) is 13.8 Å². The SMILES string of the molecule is CCNC(=NCC(C)(C)SC)N1CC(C)(C)C1(C)C.I. The Bertz CT molecular complexity index is 351. The maximum Gasteiger partial charge on any atom is 0.194 e. The van der Waals surface area contributed by atoms with E-state index in [2.05, 4.69) is 64.9 Å². The number of hydrogen-bond acceptors (Lipinski definition) is 2. The second-order valence-corrected chi connectivity index (χ2v) is 8.68. The Morgan fingerprint density at radius 3 is 2.20 bits per heavy atom. The van der Waals surface area contributed by atoms with Crippen LogP contribution >= 0.6 is 35.7 Å². The van der Waals surface area contributed by atoms with Crippen LogP contribution in [-0.4, -0.2) is 47.0 Å². The number of aliphatic imine (C=N–C) groups is 1. The van der Waals surface area contributed by atoms with Crippen molar-refractivity contribution < 1.29 is 0 Å². The molecule has 0 saturated carbocycles. The summed E-state index contributed by atoms with van der Waals surface area (Å²) in [5.74, 6) is 1.06. The number of halogens is 1. The Hall–Kier alpha value is 0.350. The number of likely N-dealkylation sites (tertiary alicyclic amines) is 1. The molecule has 0 atom stereocenters. The molecule has 0 aromatic heterocycles. The Kier molecular flexibility index (Phi) is 7.20. The molecule has 1 aliphatic heterocycles. The van der Waals surface area contributed by atoms with Crippen LogP contribution in [0.25, 0.3) is 0 Å². The van der Waals surface area contributed by atoms with Crippen molar-refractivity contribution in [2.45, 2.75) is 58.8 Å². The largest absolute Gasteiger partial charge is 0.356 e. The van der Waals surface area contributed by atoms with E-state index in [-0.39, 0.29) is 34.3 Å². The van der Waals surface area contributed by atoms with Crippen molar-refractivity contribution in [2.24, 2.45) is 10.4 Å². The van der Waals surface area contributed by atoms with Crippen molar-refractivity contribution in [1.82, 2.24) is 10.2 Å². The first-order valence-corrected chi connectivity index (χ1v) is 8.41. The summed E-state index contributed by atoms with van der Waals surface area (Å²) in [6, 6.07) is 0. The molecule has 120 valence electrons. The molecule has 1 N–H and O–H groups in total. The van der Waals surface area contributed by atoms with Crippen LogP contribution in [0.1, 0.15) is 48.5 Å². The van der Waals surface area contributed by atoms with E-state index in [1.54, 1.807) is 0 Å². The molecule has 0 unspecified atom stereocenters. The van der Waals surface area contributed by atoms with Crippen LogP contribution in [0.5, 0.6) is 0 Å². The summed E-state index contributed by atoms with van der Waals surface area (Å²) in [6.07, 6.45) is 2.15. The second-order valence-electron chi connectivity index (χ2n) is 7.16. The van der Waals surface area contributed by atoms with Crippen LogP contribution in [-0.2, 0) is 0 Å². The van der Waals surface area contributed by atoms with Crippen LogP contribution < -0.4 is 5.32 Å². The minimum Gasteiger partial charge on any atom is -0.356 e. The standard InChI is InChI=1S/C15H31N3S.HI/c1-9-16-12(17-10-14(4,5)19-8)18-11-13(2,3)15(18,6)7;/h9-11H2,1-8H3,(H,16,17);1H. The molecule has 1 aliphatic rings. The smallest absolute Gasteiger partial charge is 0.194 e. The van der Waals surface area contributed by atoms with Crippen molar-refractivity contribution >= 4 is 41.7 Å². The third-order valence-corrected chi connectivity index (χ3v) is 5.87. The van der Waals surface area contributed by atoms with Gasteiger partial charge in [-0.05, 0) is 40.9 Å². The number of nitrogens with zero attached hydrogens (tertiary/aromatic N) is 2. The van der Waals surface area contributed by atoms with Gasteiger partial charge < -0.3 is 10.2 Å². The van der Waals surface area contributed by atoms with Gasteiger partial charge >= 0.3 is 0 Å². The van der Waals surface area contributed by atoms with E-state index >= 15 is 0 Å². The highest BCUT2D eigenvalue weighted by molar-refractivity contribution is 14.0. The lowest BCUT2D eigenvalue weighted by Gasteiger charge is -2.62. The molecule has 1 heterocycles. The zero-order valence-electron chi connectivity index (χ0n) is 14.3. The number of rotatable bonds is 4. The summed E-state index contributed by atoms with van der Waals surface area (Å²) in [5.41, 5.74) is 0.510. The van der Waals surface area contributed by atoms with Gasteiger partial charge in [0.05, 0.1) is 6.54 Å². The van der Waals surface area contributed by atoms with E-state index < -0.39 is 0 Å². The van der Waals surface area contributed by atoms with E-state index in [1.165, 1.54) is 0 Å². The Morgan fingerprint density at radius 2 is 1.85 bits per heavy atom. The zero-order chi connectivity index (χ0) is 14.9. The topological polar surface area (TPSA) is 27.6 Å². The molecule has 0 radical (unpaired) electrons. The van der Waals surface area contributed by atoms with Crippen LogP contribution in [0, 0.1) is 5.41 Å². The number of thioether (sulfide) groups is 1. The summed E-state index contributed by atoms with van der Waals surface area (Å²) in [5, 5.41) is 3.44. The lowest BCUT2D eigenvalue weighted by molar-refractivity contribution is -0.0667. The van der Waals surface area contributed by atoms with Gasteiger partial charge in [0, 0.05) is 28.8 Å². The van der Waals surface area contributed by atoms with Crippen LogP contribution in [0.15, 0.2) is 4.99 Å². The number of hydrogen-bond donors (Lipinski definition) is 1. The third kappa shape index (κ3) is 4.18. The third-order valence-electron chi connectivity index (χ3n) is 4.64. The van der Waals surface area contributed by atoms with Crippen molar-refractivity contribution in [2.75, 3.05) is 25.9 Å². The molecule has 3 nitrogen and oxygen atoms in total. The van der Waals surface area contributed by atoms with Gasteiger partial charge in [0.1, 0.15) is 0 Å². The van der Waals surface area contributed by atoms with Gasteiger partial charge in [0.25, 0.3) is 0 Å². The average Bonchev–Trinajstić information content (AvgIpc) is 2.32. The van der Waals surface area contributed by atoms with Gasteiger partial charge in [-0.2, -0.15) is 11.8 Å². The van der Waals surface area contributed by atoms with Crippen molar-refractivity contribution in [3.63, 3.8) is 0 Å². The maximum absolute atomic E-state index is 4.85. The Labute approximate surface area is 146 Å². The average molecular weight is 413 g/mol. The minimum absolute atomic E-state index is 0. The number of nitrogens with one attached hydrogen (secondary N) is 1. The van der Waals surface area contributed by atoms with E-state index in [9.17, 15) is 0 Å². The fraction of sp³-hybridized carbons (Fsp3) is 0.933. The molecule has 0 aliphatic carbocycles. The molecule has 5 heteroatoms. The van der Waals surface area contributed by atoms with Crippen LogP contribution in [0.3, 0.4) is 0 Å². The predicted octanol–water partition coefficient (Wildman–Crippen LogP) is 3.83. The van der Waals surface area contributed by atoms with Gasteiger partial charge in [0.15, 0.2) is 5.96 Å². The predicted molar refractivity (Wildman–Crippen MR) is 104 cm³/mol. The van der Waals surface area contributed by atoms with Crippen molar-refractivity contribution in [3.8, 4) is 0 Å². The molecule has 20 heavy (non-hydrogen) atoms. The first-order chi connectivity index (χ1) is 8.57. The van der Waals surface area contributed by atoms with E-state index in [0.717, 1.165) is 25.6 Å². The van der Waals surface area contributed by atoms with Gasteiger partial charge in [0.2, 0.25) is 0 Å². The maximum atomic E-state index is 4.85. The fourth-order valence-corrected chi connectivity index (χ4v) is 2.32. The summed E-state index contributed by atoms with van der Waals surface area (Å²) in [6.45, 7) is 18.8. The highest BCUT2D eigenvalue weighted by atomic mass is 127. The van der Waals surface area contributed by atoms with Gasteiger partial charge in [-0.15, -0.1) is 24.0 Å². The Balaban J connectivity index is 0.00000361. The quantitative estimate of drug-likeness (QED) is 0.431.